The van der Waals surface area contributed by atoms with Crippen molar-refractivity contribution in [3.05, 3.63) is 53.1 Å². The van der Waals surface area contributed by atoms with Crippen LogP contribution in [0.3, 0.4) is 0 Å². The number of fused-ring (bicyclic) bond motifs is 1. The number of urea groups is 1. The minimum Gasteiger partial charge on any atom is -0.459 e. The summed E-state index contributed by atoms with van der Waals surface area (Å²) in [4.78, 5) is 12.2. The van der Waals surface area contributed by atoms with E-state index in [1.54, 1.807) is 0 Å². The van der Waals surface area contributed by atoms with Crippen molar-refractivity contribution >= 4 is 17.0 Å². The highest BCUT2D eigenvalue weighted by atomic mass is 16.5. The second kappa shape index (κ2) is 7.01. The van der Waals surface area contributed by atoms with E-state index < -0.39 is 0 Å². The van der Waals surface area contributed by atoms with Gasteiger partial charge in [-0.25, -0.2) is 4.79 Å². The molecule has 0 saturated carbocycles. The minimum atomic E-state index is -0.230. The number of carbonyl (C=O) groups is 1. The predicted molar refractivity (Wildman–Crippen MR) is 95.6 cm³/mol. The molecular formula is C19H23N3O3. The summed E-state index contributed by atoms with van der Waals surface area (Å²) in [5, 5.41) is 10.8. The first kappa shape index (κ1) is 17.1. The van der Waals surface area contributed by atoms with Crippen LogP contribution in [0.4, 0.5) is 4.79 Å². The van der Waals surface area contributed by atoms with Gasteiger partial charge in [0.05, 0.1) is 11.7 Å². The molecule has 0 fully saturated rings. The fraction of sp³-hybridized carbons (Fsp3) is 0.368. The Hall–Kier alpha value is -2.76. The van der Waals surface area contributed by atoms with Crippen LogP contribution in [0.25, 0.3) is 11.0 Å². The van der Waals surface area contributed by atoms with Gasteiger partial charge in [0, 0.05) is 23.4 Å². The molecule has 0 bridgehead atoms. The van der Waals surface area contributed by atoms with E-state index in [-0.39, 0.29) is 18.0 Å². The summed E-state index contributed by atoms with van der Waals surface area (Å²) in [5.41, 5.74) is 2.73. The summed E-state index contributed by atoms with van der Waals surface area (Å²) in [7, 11) is 0. The molecule has 0 aliphatic carbocycles. The van der Waals surface area contributed by atoms with Crippen molar-refractivity contribution < 1.29 is 13.7 Å². The van der Waals surface area contributed by atoms with Gasteiger partial charge in [-0.1, -0.05) is 30.3 Å². The Kier molecular flexibility index (Phi) is 4.79. The van der Waals surface area contributed by atoms with Crippen LogP contribution in [0.15, 0.2) is 39.3 Å². The standard InChI is InChI=1S/C19H23N3O3/c1-11(18-13(3)22-25-14(18)4)10-20-19(23)21-12(2)17-9-15-7-5-6-8-16(15)24-17/h5-9,11-12H,10H2,1-4H3,(H2,20,21,23)/t11?,12-/m0/s1. The number of furan rings is 1. The average molecular weight is 341 g/mol. The van der Waals surface area contributed by atoms with Crippen LogP contribution in [0, 0.1) is 13.8 Å². The number of amides is 2. The zero-order chi connectivity index (χ0) is 18.0. The number of aryl methyl sites for hydroxylation is 2. The van der Waals surface area contributed by atoms with Crippen LogP contribution in [-0.2, 0) is 0 Å². The number of hydrogen-bond donors (Lipinski definition) is 2. The molecule has 0 saturated heterocycles. The summed E-state index contributed by atoms with van der Waals surface area (Å²) < 4.78 is 11.0. The van der Waals surface area contributed by atoms with Crippen molar-refractivity contribution in [1.29, 1.82) is 0 Å². The van der Waals surface area contributed by atoms with Crippen LogP contribution in [0.2, 0.25) is 0 Å². The van der Waals surface area contributed by atoms with Gasteiger partial charge in [-0.05, 0) is 32.9 Å². The van der Waals surface area contributed by atoms with Gasteiger partial charge < -0.3 is 19.6 Å². The molecule has 0 spiro atoms. The molecule has 2 amide bonds. The van der Waals surface area contributed by atoms with Crippen LogP contribution in [0.1, 0.15) is 48.6 Å². The van der Waals surface area contributed by atoms with Crippen molar-refractivity contribution in [2.24, 2.45) is 0 Å². The second-order valence-electron chi connectivity index (χ2n) is 6.40. The molecule has 3 aromatic rings. The molecule has 6 nitrogen and oxygen atoms in total. The Balaban J connectivity index is 1.57. The smallest absolute Gasteiger partial charge is 0.315 e. The van der Waals surface area contributed by atoms with E-state index in [2.05, 4.69) is 15.8 Å². The molecule has 2 heterocycles. The van der Waals surface area contributed by atoms with Gasteiger partial charge in [0.15, 0.2) is 0 Å². The van der Waals surface area contributed by atoms with E-state index in [0.717, 1.165) is 33.7 Å². The summed E-state index contributed by atoms with van der Waals surface area (Å²) in [6.45, 7) is 8.23. The molecule has 0 radical (unpaired) electrons. The first-order valence-corrected chi connectivity index (χ1v) is 8.41. The quantitative estimate of drug-likeness (QED) is 0.729. The van der Waals surface area contributed by atoms with Crippen molar-refractivity contribution in [3.8, 4) is 0 Å². The number of nitrogens with zero attached hydrogens (tertiary/aromatic N) is 1. The molecule has 3 rings (SSSR count). The Morgan fingerprint density at radius 1 is 1.24 bits per heavy atom. The summed E-state index contributed by atoms with van der Waals surface area (Å²) in [6, 6.07) is 9.29. The number of rotatable bonds is 5. The van der Waals surface area contributed by atoms with Gasteiger partial charge in [-0.3, -0.25) is 0 Å². The first-order chi connectivity index (χ1) is 12.0. The number of hydrogen-bond acceptors (Lipinski definition) is 4. The van der Waals surface area contributed by atoms with Gasteiger partial charge in [0.25, 0.3) is 0 Å². The van der Waals surface area contributed by atoms with Crippen molar-refractivity contribution in [3.63, 3.8) is 0 Å². The lowest BCUT2D eigenvalue weighted by Crippen LogP contribution is -2.38. The molecule has 2 aromatic heterocycles. The zero-order valence-electron chi connectivity index (χ0n) is 14.9. The second-order valence-corrected chi connectivity index (χ2v) is 6.40. The third-order valence-corrected chi connectivity index (χ3v) is 4.37. The largest absolute Gasteiger partial charge is 0.459 e. The Bertz CT molecular complexity index is 829. The maximum Gasteiger partial charge on any atom is 0.315 e. The topological polar surface area (TPSA) is 80.3 Å². The molecule has 132 valence electrons. The molecule has 2 atom stereocenters. The Labute approximate surface area is 146 Å². The van der Waals surface area contributed by atoms with Crippen LogP contribution in [0.5, 0.6) is 0 Å². The lowest BCUT2D eigenvalue weighted by atomic mass is 10.00. The minimum absolute atomic E-state index is 0.124. The van der Waals surface area contributed by atoms with E-state index >= 15 is 0 Å². The molecule has 6 heteroatoms. The Morgan fingerprint density at radius 3 is 2.68 bits per heavy atom. The number of benzene rings is 1. The predicted octanol–water partition coefficient (Wildman–Crippen LogP) is 4.20. The molecular weight excluding hydrogens is 318 g/mol. The third-order valence-electron chi connectivity index (χ3n) is 4.37. The van der Waals surface area contributed by atoms with Crippen molar-refractivity contribution in [2.45, 2.75) is 39.7 Å². The maximum atomic E-state index is 12.2. The van der Waals surface area contributed by atoms with Crippen LogP contribution >= 0.6 is 0 Å². The third kappa shape index (κ3) is 3.68. The maximum absolute atomic E-state index is 12.2. The van der Waals surface area contributed by atoms with Gasteiger partial charge in [-0.2, -0.15) is 0 Å². The van der Waals surface area contributed by atoms with E-state index in [1.807, 2.05) is 58.0 Å². The highest BCUT2D eigenvalue weighted by Crippen LogP contribution is 2.24. The highest BCUT2D eigenvalue weighted by molar-refractivity contribution is 5.78. The van der Waals surface area contributed by atoms with E-state index in [9.17, 15) is 4.79 Å². The van der Waals surface area contributed by atoms with Gasteiger partial charge >= 0.3 is 6.03 Å². The molecule has 1 unspecified atom stereocenters. The monoisotopic (exact) mass is 341 g/mol. The van der Waals surface area contributed by atoms with E-state index in [1.165, 1.54) is 0 Å². The highest BCUT2D eigenvalue weighted by Gasteiger charge is 2.18. The molecule has 1 aromatic carbocycles. The summed E-state index contributed by atoms with van der Waals surface area (Å²) >= 11 is 0. The molecule has 0 aliphatic rings. The van der Waals surface area contributed by atoms with Gasteiger partial charge in [-0.15, -0.1) is 0 Å². The fourth-order valence-corrected chi connectivity index (χ4v) is 3.08. The number of carbonyl (C=O) groups excluding carboxylic acids is 1. The number of nitrogens with one attached hydrogen (secondary N) is 2. The average Bonchev–Trinajstić information content (AvgIpc) is 3.16. The van der Waals surface area contributed by atoms with Gasteiger partial charge in [0.2, 0.25) is 0 Å². The summed E-state index contributed by atoms with van der Waals surface area (Å²) in [6.07, 6.45) is 0. The Morgan fingerprint density at radius 2 is 2.00 bits per heavy atom. The SMILES string of the molecule is Cc1noc(C)c1C(C)CNC(=O)N[C@@H](C)c1cc2ccccc2o1. The fourth-order valence-electron chi connectivity index (χ4n) is 3.08. The van der Waals surface area contributed by atoms with Crippen molar-refractivity contribution in [1.82, 2.24) is 15.8 Å². The van der Waals surface area contributed by atoms with Crippen molar-refractivity contribution in [2.75, 3.05) is 6.54 Å². The lowest BCUT2D eigenvalue weighted by Gasteiger charge is -2.15. The molecule has 25 heavy (non-hydrogen) atoms. The lowest BCUT2D eigenvalue weighted by molar-refractivity contribution is 0.236. The number of aromatic nitrogens is 1. The van der Waals surface area contributed by atoms with E-state index in [0.29, 0.717) is 6.54 Å². The summed E-state index contributed by atoms with van der Waals surface area (Å²) in [5.74, 6) is 1.65. The van der Waals surface area contributed by atoms with E-state index in [4.69, 9.17) is 8.94 Å². The molecule has 0 aliphatic heterocycles. The van der Waals surface area contributed by atoms with Crippen LogP contribution < -0.4 is 10.6 Å². The van der Waals surface area contributed by atoms with Gasteiger partial charge in [0.1, 0.15) is 17.1 Å². The molecule has 2 N–H and O–H groups in total. The number of para-hydroxylation sites is 1. The normalized spacial score (nSPS) is 13.6. The van der Waals surface area contributed by atoms with Crippen LogP contribution in [-0.4, -0.2) is 17.7 Å². The zero-order valence-corrected chi connectivity index (χ0v) is 14.9. The first-order valence-electron chi connectivity index (χ1n) is 8.41.